The fraction of sp³-hybridized carbons (Fsp3) is 0.125. The third-order valence-corrected chi connectivity index (χ3v) is 6.28. The van der Waals surface area contributed by atoms with Gasteiger partial charge in [0.25, 0.3) is 5.91 Å². The smallest absolute Gasteiger partial charge is 0.251 e. The van der Waals surface area contributed by atoms with Crippen molar-refractivity contribution in [2.75, 3.05) is 12.3 Å². The molecule has 0 spiro atoms. The zero-order valence-electron chi connectivity index (χ0n) is 16.1. The Kier molecular flexibility index (Phi) is 8.71. The van der Waals surface area contributed by atoms with E-state index in [1.165, 1.54) is 0 Å². The lowest BCUT2D eigenvalue weighted by Crippen LogP contribution is -2.26. The first-order valence-corrected chi connectivity index (χ1v) is 11.6. The Balaban J connectivity index is 1.62. The molecule has 3 aromatic rings. The molecule has 0 unspecified atom stereocenters. The maximum atomic E-state index is 12.9. The van der Waals surface area contributed by atoms with Gasteiger partial charge in [0.05, 0.1) is 0 Å². The molecule has 0 fully saturated rings. The normalized spacial score (nSPS) is 11.4. The fourth-order valence-corrected chi connectivity index (χ4v) is 4.41. The lowest BCUT2D eigenvalue weighted by atomic mass is 10.0. The van der Waals surface area contributed by atoms with Gasteiger partial charge in [0.2, 0.25) is 0 Å². The summed E-state index contributed by atoms with van der Waals surface area (Å²) in [6.45, 7) is 0.543. The average molecular weight is 477 g/mol. The van der Waals surface area contributed by atoms with Crippen molar-refractivity contribution in [3.63, 3.8) is 0 Å². The van der Waals surface area contributed by atoms with Crippen molar-refractivity contribution < 1.29 is 4.79 Å². The van der Waals surface area contributed by atoms with Crippen LogP contribution in [0.2, 0.25) is 15.1 Å². The highest BCUT2D eigenvalue weighted by molar-refractivity contribution is 7.98. The Bertz CT molecular complexity index is 1040. The van der Waals surface area contributed by atoms with Crippen LogP contribution in [0, 0.1) is 0 Å². The van der Waals surface area contributed by atoms with Crippen LogP contribution in [0.15, 0.2) is 72.8 Å². The first-order valence-electron chi connectivity index (χ1n) is 9.36. The molecule has 0 heterocycles. The van der Waals surface area contributed by atoms with Crippen molar-refractivity contribution in [1.82, 2.24) is 5.32 Å². The molecule has 30 heavy (non-hydrogen) atoms. The van der Waals surface area contributed by atoms with Crippen LogP contribution in [-0.4, -0.2) is 18.2 Å². The van der Waals surface area contributed by atoms with E-state index in [4.69, 9.17) is 34.8 Å². The molecule has 0 saturated carbocycles. The molecule has 0 radical (unpaired) electrons. The lowest BCUT2D eigenvalue weighted by molar-refractivity contribution is -0.115. The van der Waals surface area contributed by atoms with Crippen LogP contribution >= 0.6 is 46.6 Å². The van der Waals surface area contributed by atoms with Crippen LogP contribution in [0.25, 0.3) is 11.6 Å². The Hall–Kier alpha value is -1.91. The molecule has 3 rings (SSSR count). The molecular formula is C24H20Cl3NOS. The second kappa shape index (κ2) is 11.5. The maximum absolute atomic E-state index is 12.9. The van der Waals surface area contributed by atoms with Crippen molar-refractivity contribution in [3.05, 3.63) is 105 Å². The van der Waals surface area contributed by atoms with Crippen molar-refractivity contribution in [2.45, 2.75) is 5.75 Å². The van der Waals surface area contributed by atoms with Crippen molar-refractivity contribution in [3.8, 4) is 0 Å². The fourth-order valence-electron chi connectivity index (χ4n) is 2.80. The van der Waals surface area contributed by atoms with Gasteiger partial charge in [-0.2, -0.15) is 11.8 Å². The topological polar surface area (TPSA) is 29.1 Å². The summed E-state index contributed by atoms with van der Waals surface area (Å²) in [5.74, 6) is 1.39. The van der Waals surface area contributed by atoms with Crippen LogP contribution in [0.3, 0.4) is 0 Å². The summed E-state index contributed by atoms with van der Waals surface area (Å²) in [6, 6.07) is 22.6. The molecule has 1 N–H and O–H groups in total. The number of amides is 1. The van der Waals surface area contributed by atoms with E-state index >= 15 is 0 Å². The van der Waals surface area contributed by atoms with E-state index in [0.717, 1.165) is 28.2 Å². The molecule has 0 aliphatic carbocycles. The SMILES string of the molecule is O=C(NCCSCc1ccc(Cl)cc1Cl)/C(=C/c1ccccc1Cl)c1ccccc1. The van der Waals surface area contributed by atoms with E-state index in [1.807, 2.05) is 72.8 Å². The quantitative estimate of drug-likeness (QED) is 0.211. The molecule has 154 valence electrons. The van der Waals surface area contributed by atoms with E-state index in [1.54, 1.807) is 17.8 Å². The summed E-state index contributed by atoms with van der Waals surface area (Å²) in [7, 11) is 0. The molecule has 0 aliphatic rings. The first-order chi connectivity index (χ1) is 14.5. The van der Waals surface area contributed by atoms with Gasteiger partial charge in [-0.3, -0.25) is 4.79 Å². The number of hydrogen-bond donors (Lipinski definition) is 1. The van der Waals surface area contributed by atoms with Crippen molar-refractivity contribution in [1.29, 1.82) is 0 Å². The average Bonchev–Trinajstić information content (AvgIpc) is 2.74. The van der Waals surface area contributed by atoms with Gasteiger partial charge in [0.1, 0.15) is 0 Å². The minimum Gasteiger partial charge on any atom is -0.351 e. The van der Waals surface area contributed by atoms with E-state index in [-0.39, 0.29) is 5.91 Å². The van der Waals surface area contributed by atoms with Crippen LogP contribution in [0.4, 0.5) is 0 Å². The van der Waals surface area contributed by atoms with Gasteiger partial charge < -0.3 is 5.32 Å². The summed E-state index contributed by atoms with van der Waals surface area (Å²) in [5, 5.41) is 4.90. The van der Waals surface area contributed by atoms with Gasteiger partial charge in [-0.15, -0.1) is 0 Å². The molecule has 0 atom stereocenters. The predicted octanol–water partition coefficient (Wildman–Crippen LogP) is 7.24. The third-order valence-electron chi connectivity index (χ3n) is 4.34. The largest absolute Gasteiger partial charge is 0.351 e. The minimum atomic E-state index is -0.133. The molecule has 3 aromatic carbocycles. The number of halogens is 3. The number of rotatable bonds is 8. The summed E-state index contributed by atoms with van der Waals surface area (Å²) in [5.41, 5.74) is 3.26. The van der Waals surface area contributed by atoms with E-state index in [2.05, 4.69) is 5.32 Å². The Morgan fingerprint density at radius 1 is 0.900 bits per heavy atom. The Labute approximate surface area is 196 Å². The summed E-state index contributed by atoms with van der Waals surface area (Å²) >= 11 is 20.1. The second-order valence-corrected chi connectivity index (χ2v) is 8.85. The molecule has 0 saturated heterocycles. The molecule has 6 heteroatoms. The van der Waals surface area contributed by atoms with Crippen LogP contribution < -0.4 is 5.32 Å². The number of carbonyl (C=O) groups excluding carboxylic acids is 1. The summed E-state index contributed by atoms with van der Waals surface area (Å²) in [6.07, 6.45) is 1.83. The van der Waals surface area contributed by atoms with E-state index in [9.17, 15) is 4.79 Å². The third kappa shape index (κ3) is 6.55. The van der Waals surface area contributed by atoms with E-state index < -0.39 is 0 Å². The number of benzene rings is 3. The standard InChI is InChI=1S/C24H20Cl3NOS/c25-20-11-10-19(23(27)15-20)16-30-13-12-28-24(29)21(17-6-2-1-3-7-17)14-18-8-4-5-9-22(18)26/h1-11,14-15H,12-13,16H2,(H,28,29)/b21-14+. The lowest BCUT2D eigenvalue weighted by Gasteiger charge is -2.11. The highest BCUT2D eigenvalue weighted by Crippen LogP contribution is 2.25. The molecule has 1 amide bonds. The van der Waals surface area contributed by atoms with Crippen molar-refractivity contribution >= 4 is 64.1 Å². The van der Waals surface area contributed by atoms with Gasteiger partial charge in [-0.1, -0.05) is 89.4 Å². The highest BCUT2D eigenvalue weighted by atomic mass is 35.5. The monoisotopic (exact) mass is 475 g/mol. The Morgan fingerprint density at radius 2 is 1.63 bits per heavy atom. The van der Waals surface area contributed by atoms with Crippen LogP contribution in [0.1, 0.15) is 16.7 Å². The molecule has 0 bridgehead atoms. The van der Waals surface area contributed by atoms with Gasteiger partial charge in [-0.25, -0.2) is 0 Å². The summed E-state index contributed by atoms with van der Waals surface area (Å²) in [4.78, 5) is 12.9. The zero-order chi connectivity index (χ0) is 21.3. The molecular weight excluding hydrogens is 457 g/mol. The van der Waals surface area contributed by atoms with Gasteiger partial charge >= 0.3 is 0 Å². The first kappa shape index (κ1) is 22.8. The second-order valence-electron chi connectivity index (χ2n) is 6.49. The summed E-state index contributed by atoms with van der Waals surface area (Å²) < 4.78 is 0. The molecule has 2 nitrogen and oxygen atoms in total. The molecule has 0 aliphatic heterocycles. The Morgan fingerprint density at radius 3 is 2.37 bits per heavy atom. The zero-order valence-corrected chi connectivity index (χ0v) is 19.2. The van der Waals surface area contributed by atoms with Gasteiger partial charge in [0, 0.05) is 38.7 Å². The van der Waals surface area contributed by atoms with Crippen LogP contribution in [0.5, 0.6) is 0 Å². The van der Waals surface area contributed by atoms with E-state index in [0.29, 0.717) is 27.2 Å². The van der Waals surface area contributed by atoms with Gasteiger partial charge in [0.15, 0.2) is 0 Å². The number of thioether (sulfide) groups is 1. The van der Waals surface area contributed by atoms with Crippen molar-refractivity contribution in [2.24, 2.45) is 0 Å². The predicted molar refractivity (Wildman–Crippen MR) is 131 cm³/mol. The highest BCUT2D eigenvalue weighted by Gasteiger charge is 2.12. The molecule has 0 aromatic heterocycles. The number of nitrogens with one attached hydrogen (secondary N) is 1. The minimum absolute atomic E-state index is 0.133. The number of carbonyl (C=O) groups is 1. The van der Waals surface area contributed by atoms with Crippen LogP contribution in [-0.2, 0) is 10.5 Å². The van der Waals surface area contributed by atoms with Gasteiger partial charge in [-0.05, 0) is 41.0 Å². The maximum Gasteiger partial charge on any atom is 0.251 e. The number of hydrogen-bond acceptors (Lipinski definition) is 2.